The minimum Gasteiger partial charge on any atom is -0.493 e. The number of rotatable bonds is 2. The van der Waals surface area contributed by atoms with Crippen LogP contribution in [0.4, 0.5) is 11.4 Å². The van der Waals surface area contributed by atoms with Crippen LogP contribution in [-0.2, 0) is 6.42 Å². The average Bonchev–Trinajstić information content (AvgIpc) is 2.90. The van der Waals surface area contributed by atoms with Crippen LogP contribution in [0.1, 0.15) is 21.5 Å². The Kier molecular flexibility index (Phi) is 3.06. The van der Waals surface area contributed by atoms with Crippen LogP contribution in [0.3, 0.4) is 0 Å². The topological polar surface area (TPSA) is 64.3 Å². The van der Waals surface area contributed by atoms with E-state index in [1.165, 1.54) is 0 Å². The molecule has 0 radical (unpaired) electrons. The number of nitrogen functional groups attached to an aromatic ring is 1. The molecule has 3 rings (SSSR count). The van der Waals surface area contributed by atoms with Gasteiger partial charge in [-0.25, -0.2) is 0 Å². The molecule has 102 valence electrons. The van der Waals surface area contributed by atoms with Gasteiger partial charge in [0.25, 0.3) is 5.91 Å². The third kappa shape index (κ3) is 2.32. The molecule has 0 unspecified atom stereocenters. The minimum atomic E-state index is -0.131. The van der Waals surface area contributed by atoms with Crippen molar-refractivity contribution in [3.63, 3.8) is 0 Å². The Labute approximate surface area is 117 Å². The van der Waals surface area contributed by atoms with Crippen LogP contribution < -0.4 is 15.8 Å². The summed E-state index contributed by atoms with van der Waals surface area (Å²) in [6, 6.07) is 11.0. The van der Waals surface area contributed by atoms with Crippen LogP contribution in [0.25, 0.3) is 0 Å². The van der Waals surface area contributed by atoms with Crippen LogP contribution in [0, 0.1) is 6.92 Å². The van der Waals surface area contributed by atoms with Gasteiger partial charge in [0.2, 0.25) is 0 Å². The van der Waals surface area contributed by atoms with Crippen molar-refractivity contribution < 1.29 is 9.53 Å². The highest BCUT2D eigenvalue weighted by atomic mass is 16.5. The monoisotopic (exact) mass is 268 g/mol. The highest BCUT2D eigenvalue weighted by Gasteiger charge is 2.15. The van der Waals surface area contributed by atoms with Crippen LogP contribution in [0.2, 0.25) is 0 Å². The van der Waals surface area contributed by atoms with Crippen molar-refractivity contribution >= 4 is 17.3 Å². The zero-order valence-electron chi connectivity index (χ0n) is 11.3. The summed E-state index contributed by atoms with van der Waals surface area (Å²) in [6.07, 6.45) is 0.855. The summed E-state index contributed by atoms with van der Waals surface area (Å²) in [5.74, 6) is 0.745. The van der Waals surface area contributed by atoms with Gasteiger partial charge < -0.3 is 15.8 Å². The number of benzene rings is 2. The van der Waals surface area contributed by atoms with Crippen LogP contribution in [-0.4, -0.2) is 12.5 Å². The van der Waals surface area contributed by atoms with E-state index in [0.29, 0.717) is 17.9 Å². The molecule has 0 aliphatic carbocycles. The van der Waals surface area contributed by atoms with Crippen molar-refractivity contribution in [2.75, 3.05) is 17.7 Å². The first kappa shape index (κ1) is 12.5. The maximum atomic E-state index is 12.3. The predicted octanol–water partition coefficient (Wildman–Crippen LogP) is 2.76. The fourth-order valence-corrected chi connectivity index (χ4v) is 2.30. The first-order valence-electron chi connectivity index (χ1n) is 6.57. The molecular weight excluding hydrogens is 252 g/mol. The van der Waals surface area contributed by atoms with Gasteiger partial charge in [-0.1, -0.05) is 6.07 Å². The van der Waals surface area contributed by atoms with E-state index in [-0.39, 0.29) is 5.91 Å². The zero-order chi connectivity index (χ0) is 14.1. The molecule has 1 aliphatic heterocycles. The van der Waals surface area contributed by atoms with Gasteiger partial charge in [-0.15, -0.1) is 0 Å². The number of aryl methyl sites for hydroxylation is 1. The second-order valence-corrected chi connectivity index (χ2v) is 4.95. The molecule has 1 amide bonds. The van der Waals surface area contributed by atoms with Crippen molar-refractivity contribution in [1.29, 1.82) is 0 Å². The van der Waals surface area contributed by atoms with E-state index in [2.05, 4.69) is 5.32 Å². The Balaban J connectivity index is 1.84. The normalized spacial score (nSPS) is 12.7. The summed E-state index contributed by atoms with van der Waals surface area (Å²) < 4.78 is 5.44. The fourth-order valence-electron chi connectivity index (χ4n) is 2.30. The van der Waals surface area contributed by atoms with E-state index in [0.717, 1.165) is 29.0 Å². The Morgan fingerprint density at radius 2 is 2.10 bits per heavy atom. The van der Waals surface area contributed by atoms with Crippen molar-refractivity contribution in [1.82, 2.24) is 0 Å². The lowest BCUT2D eigenvalue weighted by Crippen LogP contribution is -2.13. The first-order valence-corrected chi connectivity index (χ1v) is 6.57. The number of fused-ring (bicyclic) bond motifs is 1. The minimum absolute atomic E-state index is 0.131. The number of carbonyl (C=O) groups is 1. The lowest BCUT2D eigenvalue weighted by molar-refractivity contribution is 0.102. The Hall–Kier alpha value is -2.49. The average molecular weight is 268 g/mol. The molecule has 0 aromatic heterocycles. The molecule has 0 bridgehead atoms. The molecular formula is C16H16N2O2. The standard InChI is InChI=1S/C16H16N2O2/c1-10-2-4-13(17)9-14(10)18-16(19)12-3-5-15-11(8-12)6-7-20-15/h2-5,8-9H,6-7,17H2,1H3,(H,18,19). The predicted molar refractivity (Wildman–Crippen MR) is 79.2 cm³/mol. The van der Waals surface area contributed by atoms with Gasteiger partial charge in [0.1, 0.15) is 5.75 Å². The van der Waals surface area contributed by atoms with Gasteiger partial charge in [-0.3, -0.25) is 4.79 Å². The number of nitrogens with one attached hydrogen (secondary N) is 1. The van der Waals surface area contributed by atoms with Crippen molar-refractivity contribution in [2.45, 2.75) is 13.3 Å². The van der Waals surface area contributed by atoms with Crippen molar-refractivity contribution in [3.8, 4) is 5.75 Å². The summed E-state index contributed by atoms with van der Waals surface area (Å²) in [5, 5.41) is 2.90. The number of hydrogen-bond acceptors (Lipinski definition) is 3. The Bertz CT molecular complexity index is 680. The fraction of sp³-hybridized carbons (Fsp3) is 0.188. The molecule has 1 heterocycles. The van der Waals surface area contributed by atoms with Gasteiger partial charge in [-0.2, -0.15) is 0 Å². The van der Waals surface area contributed by atoms with Gasteiger partial charge >= 0.3 is 0 Å². The molecule has 4 nitrogen and oxygen atoms in total. The Morgan fingerprint density at radius 1 is 1.25 bits per heavy atom. The van der Waals surface area contributed by atoms with E-state index in [1.54, 1.807) is 12.1 Å². The lowest BCUT2D eigenvalue weighted by Gasteiger charge is -2.10. The second-order valence-electron chi connectivity index (χ2n) is 4.95. The molecule has 0 atom stereocenters. The van der Waals surface area contributed by atoms with E-state index in [9.17, 15) is 4.79 Å². The van der Waals surface area contributed by atoms with Crippen molar-refractivity contribution in [3.05, 3.63) is 53.1 Å². The molecule has 1 aliphatic rings. The first-order chi connectivity index (χ1) is 9.63. The molecule has 0 fully saturated rings. The van der Waals surface area contributed by atoms with Crippen LogP contribution in [0.5, 0.6) is 5.75 Å². The Morgan fingerprint density at radius 3 is 2.95 bits per heavy atom. The summed E-state index contributed by atoms with van der Waals surface area (Å²) in [7, 11) is 0. The number of amides is 1. The maximum absolute atomic E-state index is 12.3. The van der Waals surface area contributed by atoms with Gasteiger partial charge in [0.15, 0.2) is 0 Å². The van der Waals surface area contributed by atoms with E-state index in [1.807, 2.05) is 31.2 Å². The molecule has 0 saturated carbocycles. The summed E-state index contributed by atoms with van der Waals surface area (Å²) in [6.45, 7) is 2.63. The second kappa shape index (κ2) is 4.89. The molecule has 3 N–H and O–H groups in total. The molecule has 2 aromatic carbocycles. The van der Waals surface area contributed by atoms with Crippen LogP contribution >= 0.6 is 0 Å². The number of carbonyl (C=O) groups excluding carboxylic acids is 1. The highest BCUT2D eigenvalue weighted by molar-refractivity contribution is 6.05. The summed E-state index contributed by atoms with van der Waals surface area (Å²) >= 11 is 0. The summed E-state index contributed by atoms with van der Waals surface area (Å²) in [5.41, 5.74) is 9.83. The van der Waals surface area contributed by atoms with E-state index < -0.39 is 0 Å². The lowest BCUT2D eigenvalue weighted by atomic mass is 10.1. The molecule has 2 aromatic rings. The molecule has 0 saturated heterocycles. The third-order valence-electron chi connectivity index (χ3n) is 3.46. The number of nitrogens with two attached hydrogens (primary N) is 1. The number of hydrogen-bond donors (Lipinski definition) is 2. The van der Waals surface area contributed by atoms with Crippen LogP contribution in [0.15, 0.2) is 36.4 Å². The quantitative estimate of drug-likeness (QED) is 0.823. The third-order valence-corrected chi connectivity index (χ3v) is 3.46. The van der Waals surface area contributed by atoms with Gasteiger partial charge in [0, 0.05) is 23.4 Å². The number of ether oxygens (including phenoxy) is 1. The molecule has 0 spiro atoms. The SMILES string of the molecule is Cc1ccc(N)cc1NC(=O)c1ccc2c(c1)CCO2. The smallest absolute Gasteiger partial charge is 0.255 e. The van der Waals surface area contributed by atoms with Crippen molar-refractivity contribution in [2.24, 2.45) is 0 Å². The van der Waals surface area contributed by atoms with E-state index >= 15 is 0 Å². The summed E-state index contributed by atoms with van der Waals surface area (Å²) in [4.78, 5) is 12.3. The number of anilines is 2. The maximum Gasteiger partial charge on any atom is 0.255 e. The van der Waals surface area contributed by atoms with E-state index in [4.69, 9.17) is 10.5 Å². The van der Waals surface area contributed by atoms with Gasteiger partial charge in [-0.05, 0) is 48.4 Å². The molecule has 20 heavy (non-hydrogen) atoms. The zero-order valence-corrected chi connectivity index (χ0v) is 11.3. The highest BCUT2D eigenvalue weighted by Crippen LogP contribution is 2.26. The van der Waals surface area contributed by atoms with Gasteiger partial charge in [0.05, 0.1) is 6.61 Å². The largest absolute Gasteiger partial charge is 0.493 e. The molecule has 4 heteroatoms.